The van der Waals surface area contributed by atoms with Gasteiger partial charge in [0.05, 0.1) is 12.4 Å². The molecule has 0 unspecified atom stereocenters. The Balaban J connectivity index is 2.22. The third kappa shape index (κ3) is 2.57. The lowest BCUT2D eigenvalue weighted by Gasteiger charge is -2.05. The molecule has 3 N–H and O–H groups in total. The Morgan fingerprint density at radius 2 is 2.13 bits per heavy atom. The van der Waals surface area contributed by atoms with E-state index in [1.54, 1.807) is 18.3 Å². The summed E-state index contributed by atoms with van der Waals surface area (Å²) in [5.74, 6) is 0.972. The lowest BCUT2D eigenvalue weighted by atomic mass is 10.3. The molecule has 15 heavy (non-hydrogen) atoms. The number of nitrogen functional groups attached to an aromatic ring is 1. The van der Waals surface area contributed by atoms with E-state index >= 15 is 0 Å². The Labute approximate surface area is 92.1 Å². The van der Waals surface area contributed by atoms with Crippen LogP contribution in [0, 0.1) is 0 Å². The second-order valence-electron chi connectivity index (χ2n) is 2.96. The first-order valence-electron chi connectivity index (χ1n) is 4.34. The number of hydrogen-bond acceptors (Lipinski definition) is 4. The van der Waals surface area contributed by atoms with E-state index in [-0.39, 0.29) is 0 Å². The third-order valence-corrected chi connectivity index (χ3v) is 1.99. The number of nitrogens with one attached hydrogen (secondary N) is 1. The molecule has 0 saturated carbocycles. The average molecular weight is 221 g/mol. The van der Waals surface area contributed by atoms with Gasteiger partial charge in [0.25, 0.3) is 0 Å². The van der Waals surface area contributed by atoms with Gasteiger partial charge in [-0.05, 0) is 18.2 Å². The van der Waals surface area contributed by atoms with Crippen molar-refractivity contribution in [3.05, 3.63) is 41.7 Å². The van der Waals surface area contributed by atoms with Crippen LogP contribution in [-0.4, -0.2) is 9.97 Å². The minimum absolute atomic E-state index is 0.377. The zero-order chi connectivity index (χ0) is 10.7. The average Bonchev–Trinajstić information content (AvgIpc) is 2.17. The van der Waals surface area contributed by atoms with E-state index in [2.05, 4.69) is 15.3 Å². The Hall–Kier alpha value is -1.81. The van der Waals surface area contributed by atoms with E-state index in [0.717, 1.165) is 5.69 Å². The molecule has 2 rings (SSSR count). The van der Waals surface area contributed by atoms with Crippen molar-refractivity contribution < 1.29 is 0 Å². The third-order valence-electron chi connectivity index (χ3n) is 1.75. The van der Waals surface area contributed by atoms with Crippen molar-refractivity contribution >= 4 is 28.9 Å². The van der Waals surface area contributed by atoms with Crippen LogP contribution in [0.25, 0.3) is 0 Å². The van der Waals surface area contributed by atoms with Crippen molar-refractivity contribution in [1.29, 1.82) is 0 Å². The van der Waals surface area contributed by atoms with E-state index in [0.29, 0.717) is 16.7 Å². The molecule has 0 bridgehead atoms. The molecule has 0 atom stereocenters. The summed E-state index contributed by atoms with van der Waals surface area (Å²) < 4.78 is 0. The first-order chi connectivity index (χ1) is 7.24. The van der Waals surface area contributed by atoms with E-state index in [1.807, 2.05) is 12.1 Å². The monoisotopic (exact) mass is 220 g/mol. The van der Waals surface area contributed by atoms with Crippen LogP contribution in [0.1, 0.15) is 0 Å². The van der Waals surface area contributed by atoms with Crippen LogP contribution in [0.5, 0.6) is 0 Å². The number of anilines is 3. The first-order valence-corrected chi connectivity index (χ1v) is 4.72. The van der Waals surface area contributed by atoms with E-state index < -0.39 is 0 Å². The summed E-state index contributed by atoms with van der Waals surface area (Å²) in [6.07, 6.45) is 3.08. The van der Waals surface area contributed by atoms with Crippen molar-refractivity contribution in [2.24, 2.45) is 0 Å². The number of aromatic nitrogens is 2. The molecule has 5 heteroatoms. The van der Waals surface area contributed by atoms with Crippen LogP contribution in [0.4, 0.5) is 17.3 Å². The van der Waals surface area contributed by atoms with Gasteiger partial charge < -0.3 is 11.1 Å². The second-order valence-corrected chi connectivity index (χ2v) is 3.40. The largest absolute Gasteiger partial charge is 0.382 e. The quantitative estimate of drug-likeness (QED) is 0.816. The van der Waals surface area contributed by atoms with Gasteiger partial charge >= 0.3 is 0 Å². The summed E-state index contributed by atoms with van der Waals surface area (Å²) in [5, 5.41) is 3.71. The zero-order valence-electron chi connectivity index (χ0n) is 7.81. The maximum Gasteiger partial charge on any atom is 0.151 e. The molecule has 0 spiro atoms. The van der Waals surface area contributed by atoms with Crippen LogP contribution in [0.3, 0.4) is 0 Å². The van der Waals surface area contributed by atoms with E-state index in [4.69, 9.17) is 17.3 Å². The summed E-state index contributed by atoms with van der Waals surface area (Å²) in [4.78, 5) is 7.98. The Morgan fingerprint density at radius 1 is 1.27 bits per heavy atom. The standard InChI is InChI=1S/C10H9ClN4/c11-7-2-1-3-8(4-7)14-10-6-13-5-9(12)15-10/h1-6H,(H3,12,14,15). The van der Waals surface area contributed by atoms with Crippen molar-refractivity contribution in [2.75, 3.05) is 11.1 Å². The molecule has 0 fully saturated rings. The molecule has 0 saturated heterocycles. The molecular formula is C10H9ClN4. The maximum absolute atomic E-state index is 5.84. The Morgan fingerprint density at radius 3 is 2.87 bits per heavy atom. The van der Waals surface area contributed by atoms with Crippen LogP contribution in [0.2, 0.25) is 5.02 Å². The summed E-state index contributed by atoms with van der Waals surface area (Å²) in [6, 6.07) is 7.34. The Bertz CT molecular complexity index is 429. The molecule has 0 amide bonds. The first kappa shape index (κ1) is 9.73. The molecule has 76 valence electrons. The van der Waals surface area contributed by atoms with Gasteiger partial charge in [-0.3, -0.25) is 4.98 Å². The fourth-order valence-electron chi connectivity index (χ4n) is 1.16. The van der Waals surface area contributed by atoms with Crippen molar-refractivity contribution in [2.45, 2.75) is 0 Å². The van der Waals surface area contributed by atoms with Gasteiger partial charge in [-0.1, -0.05) is 17.7 Å². The van der Waals surface area contributed by atoms with Gasteiger partial charge in [0.2, 0.25) is 0 Å². The van der Waals surface area contributed by atoms with Crippen LogP contribution in [-0.2, 0) is 0 Å². The number of rotatable bonds is 2. The molecule has 1 aromatic carbocycles. The van der Waals surface area contributed by atoms with Crippen molar-refractivity contribution in [1.82, 2.24) is 9.97 Å². The highest BCUT2D eigenvalue weighted by Gasteiger charge is 1.97. The summed E-state index contributed by atoms with van der Waals surface area (Å²) in [5.41, 5.74) is 6.35. The van der Waals surface area contributed by atoms with Gasteiger partial charge in [0, 0.05) is 10.7 Å². The predicted octanol–water partition coefficient (Wildman–Crippen LogP) is 2.46. The SMILES string of the molecule is Nc1cncc(Nc2cccc(Cl)c2)n1. The minimum atomic E-state index is 0.377. The van der Waals surface area contributed by atoms with Crippen molar-refractivity contribution in [3.8, 4) is 0 Å². The summed E-state index contributed by atoms with van der Waals surface area (Å²) in [6.45, 7) is 0. The predicted molar refractivity (Wildman–Crippen MR) is 61.2 cm³/mol. The lowest BCUT2D eigenvalue weighted by Crippen LogP contribution is -1.97. The highest BCUT2D eigenvalue weighted by molar-refractivity contribution is 6.30. The summed E-state index contributed by atoms with van der Waals surface area (Å²) in [7, 11) is 0. The Kier molecular flexibility index (Phi) is 2.69. The molecule has 0 radical (unpaired) electrons. The molecule has 0 aliphatic carbocycles. The fourth-order valence-corrected chi connectivity index (χ4v) is 1.35. The van der Waals surface area contributed by atoms with Gasteiger partial charge in [0.1, 0.15) is 5.82 Å². The number of hydrogen-bond donors (Lipinski definition) is 2. The van der Waals surface area contributed by atoms with Gasteiger partial charge in [-0.2, -0.15) is 0 Å². The number of halogens is 1. The lowest BCUT2D eigenvalue weighted by molar-refractivity contribution is 1.21. The summed E-state index contributed by atoms with van der Waals surface area (Å²) >= 11 is 5.84. The zero-order valence-corrected chi connectivity index (χ0v) is 8.57. The maximum atomic E-state index is 5.84. The number of nitrogens with two attached hydrogens (primary N) is 1. The van der Waals surface area contributed by atoms with Crippen LogP contribution >= 0.6 is 11.6 Å². The van der Waals surface area contributed by atoms with Crippen LogP contribution in [0.15, 0.2) is 36.7 Å². The second kappa shape index (κ2) is 4.14. The molecule has 0 aliphatic heterocycles. The number of benzene rings is 1. The highest BCUT2D eigenvalue weighted by Crippen LogP contribution is 2.18. The van der Waals surface area contributed by atoms with Gasteiger partial charge in [-0.25, -0.2) is 4.98 Å². The molecule has 1 aromatic heterocycles. The van der Waals surface area contributed by atoms with E-state index in [9.17, 15) is 0 Å². The minimum Gasteiger partial charge on any atom is -0.382 e. The van der Waals surface area contributed by atoms with E-state index in [1.165, 1.54) is 6.20 Å². The topological polar surface area (TPSA) is 63.8 Å². The molecule has 1 heterocycles. The van der Waals surface area contributed by atoms with Crippen LogP contribution < -0.4 is 11.1 Å². The van der Waals surface area contributed by atoms with Gasteiger partial charge in [-0.15, -0.1) is 0 Å². The highest BCUT2D eigenvalue weighted by atomic mass is 35.5. The van der Waals surface area contributed by atoms with Crippen molar-refractivity contribution in [3.63, 3.8) is 0 Å². The molecule has 2 aromatic rings. The van der Waals surface area contributed by atoms with Gasteiger partial charge in [0.15, 0.2) is 5.82 Å². The molecular weight excluding hydrogens is 212 g/mol. The fraction of sp³-hybridized carbons (Fsp3) is 0. The number of nitrogens with zero attached hydrogens (tertiary/aromatic N) is 2. The smallest absolute Gasteiger partial charge is 0.151 e. The normalized spacial score (nSPS) is 9.93. The molecule has 0 aliphatic rings. The molecule has 4 nitrogen and oxygen atoms in total.